The van der Waals surface area contributed by atoms with Crippen molar-refractivity contribution >= 4 is 5.69 Å². The van der Waals surface area contributed by atoms with Crippen LogP contribution in [0, 0.1) is 23.1 Å². The predicted molar refractivity (Wildman–Crippen MR) is 61.7 cm³/mol. The van der Waals surface area contributed by atoms with E-state index in [2.05, 4.69) is 11.8 Å². The van der Waals surface area contributed by atoms with Crippen LogP contribution in [0.2, 0.25) is 0 Å². The molecule has 0 aromatic heterocycles. The highest BCUT2D eigenvalue weighted by molar-refractivity contribution is 5.50. The molecule has 0 saturated heterocycles. The Morgan fingerprint density at radius 2 is 2.19 bits per heavy atom. The topological polar surface area (TPSA) is 27.0 Å². The van der Waals surface area contributed by atoms with Crippen molar-refractivity contribution in [3.05, 3.63) is 29.6 Å². The average molecular weight is 218 g/mol. The first-order valence-electron chi connectivity index (χ1n) is 5.56. The third-order valence-electron chi connectivity index (χ3n) is 3.40. The van der Waals surface area contributed by atoms with E-state index in [0.29, 0.717) is 6.04 Å². The van der Waals surface area contributed by atoms with Gasteiger partial charge in [0.15, 0.2) is 0 Å². The largest absolute Gasteiger partial charge is 0.372 e. The second-order valence-electron chi connectivity index (χ2n) is 4.46. The molecule has 1 unspecified atom stereocenters. The zero-order valence-corrected chi connectivity index (χ0v) is 9.57. The number of hydrogen-bond acceptors (Lipinski definition) is 2. The molecule has 0 N–H and O–H groups in total. The maximum atomic E-state index is 13.4. The summed E-state index contributed by atoms with van der Waals surface area (Å²) in [5.41, 5.74) is 0.951. The Kier molecular flexibility index (Phi) is 2.82. The van der Waals surface area contributed by atoms with Gasteiger partial charge in [-0.25, -0.2) is 4.39 Å². The fourth-order valence-electron chi connectivity index (χ4n) is 1.94. The predicted octanol–water partition coefficient (Wildman–Crippen LogP) is 2.93. The molecule has 0 aliphatic heterocycles. The molecule has 1 aliphatic rings. The molecule has 2 nitrogen and oxygen atoms in total. The van der Waals surface area contributed by atoms with E-state index < -0.39 is 5.82 Å². The molecule has 0 bridgehead atoms. The number of anilines is 1. The van der Waals surface area contributed by atoms with Crippen LogP contribution in [0.3, 0.4) is 0 Å². The zero-order valence-electron chi connectivity index (χ0n) is 9.57. The van der Waals surface area contributed by atoms with Gasteiger partial charge in [0, 0.05) is 18.8 Å². The van der Waals surface area contributed by atoms with Crippen LogP contribution in [0.15, 0.2) is 18.2 Å². The third-order valence-corrected chi connectivity index (χ3v) is 3.40. The highest BCUT2D eigenvalue weighted by Gasteiger charge is 2.30. The fraction of sp³-hybridized carbons (Fsp3) is 0.462. The van der Waals surface area contributed by atoms with E-state index in [1.54, 1.807) is 12.1 Å². The molecule has 2 rings (SSSR count). The monoisotopic (exact) mass is 218 g/mol. The first-order chi connectivity index (χ1) is 7.63. The highest BCUT2D eigenvalue weighted by atomic mass is 19.1. The summed E-state index contributed by atoms with van der Waals surface area (Å²) in [4.78, 5) is 2.09. The van der Waals surface area contributed by atoms with Crippen molar-refractivity contribution in [1.82, 2.24) is 0 Å². The van der Waals surface area contributed by atoms with Crippen LogP contribution in [0.4, 0.5) is 10.1 Å². The van der Waals surface area contributed by atoms with Crippen LogP contribution >= 0.6 is 0 Å². The summed E-state index contributed by atoms with van der Waals surface area (Å²) in [5.74, 6) is 0.304. The van der Waals surface area contributed by atoms with Crippen molar-refractivity contribution in [2.75, 3.05) is 11.9 Å². The Hall–Kier alpha value is -1.56. The van der Waals surface area contributed by atoms with Gasteiger partial charge in [-0.05, 0) is 43.9 Å². The molecule has 1 aliphatic carbocycles. The Balaban J connectivity index is 2.20. The Morgan fingerprint density at radius 3 is 2.69 bits per heavy atom. The van der Waals surface area contributed by atoms with Crippen molar-refractivity contribution in [2.45, 2.75) is 25.8 Å². The Labute approximate surface area is 95.3 Å². The van der Waals surface area contributed by atoms with Gasteiger partial charge in [0.2, 0.25) is 0 Å². The van der Waals surface area contributed by atoms with Gasteiger partial charge >= 0.3 is 0 Å². The van der Waals surface area contributed by atoms with Crippen molar-refractivity contribution in [3.8, 4) is 6.07 Å². The molecule has 1 atom stereocenters. The van der Waals surface area contributed by atoms with Crippen molar-refractivity contribution in [1.29, 1.82) is 5.26 Å². The van der Waals surface area contributed by atoms with Gasteiger partial charge in [0.25, 0.3) is 0 Å². The molecule has 0 heterocycles. The van der Waals surface area contributed by atoms with Crippen molar-refractivity contribution in [3.63, 3.8) is 0 Å². The number of halogens is 1. The SMILES string of the molecule is CC(C1CC1)N(C)c1ccc(C#N)c(F)c1. The highest BCUT2D eigenvalue weighted by Crippen LogP contribution is 2.36. The van der Waals surface area contributed by atoms with E-state index in [4.69, 9.17) is 5.26 Å². The summed E-state index contributed by atoms with van der Waals surface area (Å²) in [6, 6.07) is 7.06. The van der Waals surface area contributed by atoms with Gasteiger partial charge in [-0.3, -0.25) is 0 Å². The molecule has 84 valence electrons. The third kappa shape index (κ3) is 2.01. The van der Waals surface area contributed by atoms with Gasteiger partial charge in [-0.1, -0.05) is 0 Å². The smallest absolute Gasteiger partial charge is 0.143 e. The molecule has 0 spiro atoms. The minimum absolute atomic E-state index is 0.108. The molecule has 1 aromatic carbocycles. The van der Waals surface area contributed by atoms with Gasteiger partial charge in [0.1, 0.15) is 11.9 Å². The molecule has 0 amide bonds. The lowest BCUT2D eigenvalue weighted by Crippen LogP contribution is -2.30. The van der Waals surface area contributed by atoms with Crippen LogP contribution in [-0.2, 0) is 0 Å². The maximum absolute atomic E-state index is 13.4. The molecule has 1 saturated carbocycles. The molecule has 1 aromatic rings. The molecule has 16 heavy (non-hydrogen) atoms. The summed E-state index contributed by atoms with van der Waals surface area (Å²) < 4.78 is 13.4. The maximum Gasteiger partial charge on any atom is 0.143 e. The van der Waals surface area contributed by atoms with Crippen LogP contribution in [-0.4, -0.2) is 13.1 Å². The number of rotatable bonds is 3. The van der Waals surface area contributed by atoms with Gasteiger partial charge in [-0.2, -0.15) is 5.26 Å². The van der Waals surface area contributed by atoms with Crippen LogP contribution < -0.4 is 4.90 Å². The lowest BCUT2D eigenvalue weighted by Gasteiger charge is -2.27. The van der Waals surface area contributed by atoms with Crippen molar-refractivity contribution < 1.29 is 4.39 Å². The lowest BCUT2D eigenvalue weighted by atomic mass is 10.1. The summed E-state index contributed by atoms with van der Waals surface area (Å²) in [6.45, 7) is 2.16. The summed E-state index contributed by atoms with van der Waals surface area (Å²) in [7, 11) is 1.98. The average Bonchev–Trinajstić information content (AvgIpc) is 3.11. The van der Waals surface area contributed by atoms with E-state index in [-0.39, 0.29) is 5.56 Å². The Bertz CT molecular complexity index is 432. The first-order valence-corrected chi connectivity index (χ1v) is 5.56. The van der Waals surface area contributed by atoms with Crippen LogP contribution in [0.1, 0.15) is 25.3 Å². The van der Waals surface area contributed by atoms with Gasteiger partial charge in [0.05, 0.1) is 5.56 Å². The normalized spacial score (nSPS) is 16.6. The van der Waals surface area contributed by atoms with Crippen LogP contribution in [0.5, 0.6) is 0 Å². The van der Waals surface area contributed by atoms with E-state index in [9.17, 15) is 4.39 Å². The Morgan fingerprint density at radius 1 is 1.50 bits per heavy atom. The minimum atomic E-state index is -0.435. The molecular formula is C13H15FN2. The second kappa shape index (κ2) is 4.13. The summed E-state index contributed by atoms with van der Waals surface area (Å²) in [6.07, 6.45) is 2.54. The van der Waals surface area contributed by atoms with E-state index >= 15 is 0 Å². The fourth-order valence-corrected chi connectivity index (χ4v) is 1.94. The van der Waals surface area contributed by atoms with Crippen LogP contribution in [0.25, 0.3) is 0 Å². The number of hydrogen-bond donors (Lipinski definition) is 0. The number of nitriles is 1. The molecule has 1 fully saturated rings. The van der Waals surface area contributed by atoms with Gasteiger partial charge < -0.3 is 4.90 Å². The molecular weight excluding hydrogens is 203 g/mol. The first kappa shape index (κ1) is 10.9. The zero-order chi connectivity index (χ0) is 11.7. The second-order valence-corrected chi connectivity index (χ2v) is 4.46. The van der Waals surface area contributed by atoms with Crippen molar-refractivity contribution in [2.24, 2.45) is 5.92 Å². The lowest BCUT2D eigenvalue weighted by molar-refractivity contribution is 0.599. The summed E-state index contributed by atoms with van der Waals surface area (Å²) in [5, 5.41) is 8.65. The standard InChI is InChI=1S/C13H15FN2/c1-9(10-3-4-10)16(2)12-6-5-11(8-15)13(14)7-12/h5-7,9-10H,3-4H2,1-2H3. The summed E-state index contributed by atoms with van der Waals surface area (Å²) >= 11 is 0. The molecule has 3 heteroatoms. The quantitative estimate of drug-likeness (QED) is 0.780. The number of benzene rings is 1. The minimum Gasteiger partial charge on any atom is -0.372 e. The van der Waals surface area contributed by atoms with E-state index in [1.807, 2.05) is 13.1 Å². The van der Waals surface area contributed by atoms with E-state index in [1.165, 1.54) is 18.9 Å². The molecule has 0 radical (unpaired) electrons. The number of nitrogens with zero attached hydrogens (tertiary/aromatic N) is 2. The van der Waals surface area contributed by atoms with E-state index in [0.717, 1.165) is 11.6 Å². The van der Waals surface area contributed by atoms with Gasteiger partial charge in [-0.15, -0.1) is 0 Å².